The zero-order chi connectivity index (χ0) is 19.8. The fourth-order valence-electron chi connectivity index (χ4n) is 2.82. The molecule has 0 bridgehead atoms. The van der Waals surface area contributed by atoms with Crippen LogP contribution in [0, 0.1) is 5.82 Å². The number of anilines is 1. The summed E-state index contributed by atoms with van der Waals surface area (Å²) in [6.45, 7) is 1.15. The molecule has 1 heterocycles. The maximum Gasteiger partial charge on any atom is 0.228 e. The van der Waals surface area contributed by atoms with Crippen molar-refractivity contribution in [1.82, 2.24) is 4.98 Å². The molecule has 0 aliphatic rings. The lowest BCUT2D eigenvalue weighted by Crippen LogP contribution is -2.15. The molecule has 1 N–H and O–H groups in total. The van der Waals surface area contributed by atoms with E-state index in [2.05, 4.69) is 10.3 Å². The van der Waals surface area contributed by atoms with Gasteiger partial charge in [-0.2, -0.15) is 0 Å². The Morgan fingerprint density at radius 1 is 1.18 bits per heavy atom. The summed E-state index contributed by atoms with van der Waals surface area (Å²) in [6, 6.07) is 10.4. The topological polar surface area (TPSA) is 60.5 Å². The van der Waals surface area contributed by atoms with Gasteiger partial charge in [-0.05, 0) is 43.5 Å². The first-order chi connectivity index (χ1) is 13.7. The minimum Gasteiger partial charge on any atom is -0.491 e. The van der Waals surface area contributed by atoms with Crippen LogP contribution in [-0.2, 0) is 16.0 Å². The second-order valence-corrected chi connectivity index (χ2v) is 7.28. The fourth-order valence-corrected chi connectivity index (χ4v) is 3.54. The summed E-state index contributed by atoms with van der Waals surface area (Å²) in [6.07, 6.45) is 2.68. The number of hydrogen-bond donors (Lipinski definition) is 1. The van der Waals surface area contributed by atoms with Crippen molar-refractivity contribution in [2.75, 3.05) is 25.6 Å². The summed E-state index contributed by atoms with van der Waals surface area (Å²) in [7, 11) is 1.67. The molecular weight excluding hydrogens is 379 g/mol. The molecule has 0 radical (unpaired) electrons. The average molecular weight is 402 g/mol. The highest BCUT2D eigenvalue weighted by atomic mass is 32.1. The molecule has 0 spiro atoms. The number of thiazole rings is 1. The zero-order valence-corrected chi connectivity index (χ0v) is 16.6. The third kappa shape index (κ3) is 5.50. The van der Waals surface area contributed by atoms with Gasteiger partial charge in [-0.3, -0.25) is 4.79 Å². The lowest BCUT2D eigenvalue weighted by molar-refractivity contribution is -0.115. The van der Waals surface area contributed by atoms with Crippen molar-refractivity contribution < 1.29 is 18.7 Å². The van der Waals surface area contributed by atoms with Gasteiger partial charge in [-0.15, -0.1) is 11.3 Å². The molecule has 0 atom stereocenters. The first kappa shape index (κ1) is 20.2. The van der Waals surface area contributed by atoms with E-state index in [1.807, 2.05) is 12.1 Å². The van der Waals surface area contributed by atoms with Gasteiger partial charge >= 0.3 is 0 Å². The predicted molar refractivity (Wildman–Crippen MR) is 110 cm³/mol. The largest absolute Gasteiger partial charge is 0.491 e. The van der Waals surface area contributed by atoms with Crippen LogP contribution in [0.25, 0.3) is 10.2 Å². The number of nitrogens with one attached hydrogen (secondary N) is 1. The predicted octanol–water partition coefficient (Wildman–Crippen LogP) is 4.81. The highest BCUT2D eigenvalue weighted by Gasteiger charge is 2.13. The number of fused-ring (bicyclic) bond motifs is 1. The molecule has 3 rings (SSSR count). The van der Waals surface area contributed by atoms with Crippen LogP contribution in [0.2, 0.25) is 0 Å². The van der Waals surface area contributed by atoms with Crippen molar-refractivity contribution in [3.05, 3.63) is 53.3 Å². The van der Waals surface area contributed by atoms with E-state index in [-0.39, 0.29) is 18.1 Å². The van der Waals surface area contributed by atoms with Gasteiger partial charge in [0, 0.05) is 25.0 Å². The van der Waals surface area contributed by atoms with E-state index in [4.69, 9.17) is 9.47 Å². The van der Waals surface area contributed by atoms with Gasteiger partial charge in [0.1, 0.15) is 0 Å². The Labute approximate surface area is 167 Å². The Morgan fingerprint density at radius 2 is 2.04 bits per heavy atom. The van der Waals surface area contributed by atoms with Crippen molar-refractivity contribution in [3.63, 3.8) is 0 Å². The second kappa shape index (κ2) is 10.1. The SMILES string of the molecule is COCCCCCOc1cccc(CC(=O)Nc2ccc3ncsc3c2)c1F. The average Bonchev–Trinajstić information content (AvgIpc) is 3.15. The third-order valence-electron chi connectivity index (χ3n) is 4.26. The van der Waals surface area contributed by atoms with E-state index in [0.29, 0.717) is 17.9 Å². The summed E-state index contributed by atoms with van der Waals surface area (Å²) < 4.78 is 26.2. The summed E-state index contributed by atoms with van der Waals surface area (Å²) in [5, 5.41) is 2.81. The molecule has 0 fully saturated rings. The molecule has 0 aliphatic heterocycles. The highest BCUT2D eigenvalue weighted by molar-refractivity contribution is 7.16. The molecule has 0 aliphatic carbocycles. The van der Waals surface area contributed by atoms with E-state index < -0.39 is 5.82 Å². The molecule has 0 unspecified atom stereocenters. The third-order valence-corrected chi connectivity index (χ3v) is 5.05. The van der Waals surface area contributed by atoms with E-state index in [1.165, 1.54) is 11.3 Å². The number of benzene rings is 2. The number of nitrogens with zero attached hydrogens (tertiary/aromatic N) is 1. The Kier molecular flexibility index (Phi) is 7.33. The van der Waals surface area contributed by atoms with Crippen LogP contribution in [0.1, 0.15) is 24.8 Å². The van der Waals surface area contributed by atoms with Crippen LogP contribution in [-0.4, -0.2) is 31.2 Å². The van der Waals surface area contributed by atoms with Crippen molar-refractivity contribution in [3.8, 4) is 5.75 Å². The maximum atomic E-state index is 14.6. The number of ether oxygens (including phenoxy) is 2. The molecule has 1 amide bonds. The molecule has 2 aromatic carbocycles. The Balaban J connectivity index is 1.55. The van der Waals surface area contributed by atoms with Crippen LogP contribution in [0.15, 0.2) is 41.9 Å². The van der Waals surface area contributed by atoms with Crippen LogP contribution in [0.5, 0.6) is 5.75 Å². The van der Waals surface area contributed by atoms with Crippen LogP contribution in [0.4, 0.5) is 10.1 Å². The van der Waals surface area contributed by atoms with Gasteiger partial charge in [0.25, 0.3) is 0 Å². The number of rotatable bonds is 10. The van der Waals surface area contributed by atoms with Gasteiger partial charge in [0.15, 0.2) is 11.6 Å². The van der Waals surface area contributed by atoms with Crippen LogP contribution in [0.3, 0.4) is 0 Å². The number of amides is 1. The number of unbranched alkanes of at least 4 members (excludes halogenated alkanes) is 2. The second-order valence-electron chi connectivity index (χ2n) is 6.39. The van der Waals surface area contributed by atoms with Crippen LogP contribution < -0.4 is 10.1 Å². The molecule has 28 heavy (non-hydrogen) atoms. The molecule has 5 nitrogen and oxygen atoms in total. The van der Waals surface area contributed by atoms with Crippen molar-refractivity contribution in [2.45, 2.75) is 25.7 Å². The normalized spacial score (nSPS) is 10.9. The Hall–Kier alpha value is -2.51. The van der Waals surface area contributed by atoms with Crippen LogP contribution >= 0.6 is 11.3 Å². The van der Waals surface area contributed by atoms with Gasteiger partial charge in [-0.25, -0.2) is 9.37 Å². The van der Waals surface area contributed by atoms with Crippen molar-refractivity contribution in [2.24, 2.45) is 0 Å². The molecule has 0 saturated heterocycles. The summed E-state index contributed by atoms with van der Waals surface area (Å²) in [5.74, 6) is -0.574. The Morgan fingerprint density at radius 3 is 2.89 bits per heavy atom. The quantitative estimate of drug-likeness (QED) is 0.494. The summed E-state index contributed by atoms with van der Waals surface area (Å²) >= 11 is 1.50. The lowest BCUT2D eigenvalue weighted by Gasteiger charge is -2.11. The van der Waals surface area contributed by atoms with Gasteiger partial charge in [0.2, 0.25) is 5.91 Å². The molecule has 1 aromatic heterocycles. The van der Waals surface area contributed by atoms with Crippen molar-refractivity contribution >= 4 is 33.1 Å². The molecule has 148 valence electrons. The first-order valence-electron chi connectivity index (χ1n) is 9.19. The van der Waals surface area contributed by atoms with Crippen molar-refractivity contribution in [1.29, 1.82) is 0 Å². The van der Waals surface area contributed by atoms with E-state index in [0.717, 1.165) is 36.1 Å². The monoisotopic (exact) mass is 402 g/mol. The number of carbonyl (C=O) groups is 1. The highest BCUT2D eigenvalue weighted by Crippen LogP contribution is 2.24. The standard InChI is InChI=1S/C21H23FN2O3S/c1-26-10-3-2-4-11-27-18-7-5-6-15(21(18)22)12-20(25)24-16-8-9-17-19(13-16)28-14-23-17/h5-9,13-14H,2-4,10-12H2,1H3,(H,24,25). The minimum atomic E-state index is -0.479. The first-order valence-corrected chi connectivity index (χ1v) is 10.1. The number of carbonyl (C=O) groups excluding carboxylic acids is 1. The number of halogens is 1. The van der Waals surface area contributed by atoms with E-state index >= 15 is 0 Å². The number of methoxy groups -OCH3 is 1. The minimum absolute atomic E-state index is 0.0579. The number of hydrogen-bond acceptors (Lipinski definition) is 5. The summed E-state index contributed by atoms with van der Waals surface area (Å²) in [4.78, 5) is 16.5. The molecular formula is C21H23FN2O3S. The van der Waals surface area contributed by atoms with Gasteiger partial charge in [0.05, 0.1) is 28.8 Å². The maximum absolute atomic E-state index is 14.6. The van der Waals surface area contributed by atoms with Gasteiger partial charge < -0.3 is 14.8 Å². The smallest absolute Gasteiger partial charge is 0.228 e. The Bertz CT molecular complexity index is 929. The fraction of sp³-hybridized carbons (Fsp3) is 0.333. The zero-order valence-electron chi connectivity index (χ0n) is 15.7. The number of aromatic nitrogens is 1. The summed E-state index contributed by atoms with van der Waals surface area (Å²) in [5.41, 5.74) is 3.63. The molecule has 0 saturated carbocycles. The molecule has 3 aromatic rings. The van der Waals surface area contributed by atoms with E-state index in [1.54, 1.807) is 36.9 Å². The van der Waals surface area contributed by atoms with Gasteiger partial charge in [-0.1, -0.05) is 12.1 Å². The molecule has 7 heteroatoms. The lowest BCUT2D eigenvalue weighted by atomic mass is 10.1. The van der Waals surface area contributed by atoms with E-state index in [9.17, 15) is 9.18 Å².